The summed E-state index contributed by atoms with van der Waals surface area (Å²) < 4.78 is 1.00. The van der Waals surface area contributed by atoms with E-state index < -0.39 is 6.10 Å². The van der Waals surface area contributed by atoms with Gasteiger partial charge >= 0.3 is 0 Å². The topological polar surface area (TPSA) is 46.2 Å². The Morgan fingerprint density at radius 2 is 1.90 bits per heavy atom. The Hall–Kier alpha value is -1.16. The Morgan fingerprint density at radius 1 is 1.15 bits per heavy atom. The van der Waals surface area contributed by atoms with E-state index in [4.69, 9.17) is 5.73 Å². The Labute approximate surface area is 128 Å². The second-order valence-corrected chi connectivity index (χ2v) is 5.81. The number of hydrogen-bond donors (Lipinski definition) is 2. The van der Waals surface area contributed by atoms with E-state index in [2.05, 4.69) is 28.9 Å². The molecular formula is C17H20BrNO. The van der Waals surface area contributed by atoms with Crippen LogP contribution < -0.4 is 5.73 Å². The van der Waals surface area contributed by atoms with Crippen LogP contribution >= 0.6 is 15.9 Å². The molecule has 0 spiro atoms. The number of rotatable bonds is 5. The fourth-order valence-corrected chi connectivity index (χ4v) is 2.96. The van der Waals surface area contributed by atoms with Crippen molar-refractivity contribution < 1.29 is 5.11 Å². The largest absolute Gasteiger partial charge is 0.388 e. The number of aryl methyl sites for hydroxylation is 1. The number of aliphatic hydroxyl groups is 1. The molecule has 2 nitrogen and oxygen atoms in total. The van der Waals surface area contributed by atoms with Crippen LogP contribution in [0.1, 0.15) is 35.6 Å². The molecule has 2 aromatic carbocycles. The summed E-state index contributed by atoms with van der Waals surface area (Å²) in [5.41, 5.74) is 9.12. The third-order valence-corrected chi connectivity index (χ3v) is 4.16. The predicted octanol–water partition coefficient (Wildman–Crippen LogP) is 3.79. The fourth-order valence-electron chi connectivity index (χ4n) is 2.55. The van der Waals surface area contributed by atoms with Gasteiger partial charge in [-0.2, -0.15) is 0 Å². The molecule has 3 N–H and O–H groups in total. The van der Waals surface area contributed by atoms with Crippen molar-refractivity contribution in [3.8, 4) is 0 Å². The van der Waals surface area contributed by atoms with Gasteiger partial charge in [0.05, 0.1) is 6.10 Å². The second kappa shape index (κ2) is 7.02. The summed E-state index contributed by atoms with van der Waals surface area (Å²) in [7, 11) is 0. The zero-order chi connectivity index (χ0) is 14.5. The van der Waals surface area contributed by atoms with E-state index in [9.17, 15) is 5.11 Å². The Bertz CT molecular complexity index is 570. The molecule has 0 aliphatic carbocycles. The lowest BCUT2D eigenvalue weighted by Crippen LogP contribution is -2.21. The van der Waals surface area contributed by atoms with E-state index in [1.807, 2.05) is 42.5 Å². The maximum Gasteiger partial charge on any atom is 0.0873 e. The summed E-state index contributed by atoms with van der Waals surface area (Å²) in [4.78, 5) is 0. The highest BCUT2D eigenvalue weighted by Crippen LogP contribution is 2.33. The van der Waals surface area contributed by atoms with E-state index in [0.717, 1.165) is 22.0 Å². The van der Waals surface area contributed by atoms with Gasteiger partial charge in [0.2, 0.25) is 0 Å². The fraction of sp³-hybridized carbons (Fsp3) is 0.294. The maximum atomic E-state index is 10.7. The molecule has 0 amide bonds. The van der Waals surface area contributed by atoms with E-state index >= 15 is 0 Å². The highest BCUT2D eigenvalue weighted by atomic mass is 79.9. The number of aliphatic hydroxyl groups excluding tert-OH is 1. The molecule has 0 fully saturated rings. The van der Waals surface area contributed by atoms with Crippen molar-refractivity contribution in [2.24, 2.45) is 5.73 Å². The Kier molecular flexibility index (Phi) is 5.35. The van der Waals surface area contributed by atoms with Crippen molar-refractivity contribution in [1.82, 2.24) is 0 Å². The first-order valence-electron chi connectivity index (χ1n) is 6.88. The third-order valence-electron chi connectivity index (χ3n) is 3.67. The van der Waals surface area contributed by atoms with E-state index in [0.29, 0.717) is 6.54 Å². The number of halogens is 1. The minimum Gasteiger partial charge on any atom is -0.388 e. The second-order valence-electron chi connectivity index (χ2n) is 4.89. The van der Waals surface area contributed by atoms with Crippen LogP contribution in [0.15, 0.2) is 53.0 Å². The lowest BCUT2D eigenvalue weighted by atomic mass is 9.87. The van der Waals surface area contributed by atoms with Crippen LogP contribution in [0.3, 0.4) is 0 Å². The average Bonchev–Trinajstić information content (AvgIpc) is 2.48. The van der Waals surface area contributed by atoms with Crippen molar-refractivity contribution in [3.63, 3.8) is 0 Å². The number of nitrogens with two attached hydrogens (primary N) is 1. The molecule has 0 radical (unpaired) electrons. The summed E-state index contributed by atoms with van der Waals surface area (Å²) in [6, 6.07) is 16.0. The first-order valence-corrected chi connectivity index (χ1v) is 7.68. The molecule has 3 heteroatoms. The number of benzene rings is 2. The summed E-state index contributed by atoms with van der Waals surface area (Å²) in [6.45, 7) is 2.51. The summed E-state index contributed by atoms with van der Waals surface area (Å²) >= 11 is 3.47. The SMILES string of the molecule is CCc1ccccc1C(O)C(CN)c1cccc(Br)c1. The lowest BCUT2D eigenvalue weighted by molar-refractivity contribution is 0.146. The van der Waals surface area contributed by atoms with Crippen LogP contribution in [0, 0.1) is 0 Å². The van der Waals surface area contributed by atoms with Gasteiger partial charge < -0.3 is 10.8 Å². The van der Waals surface area contributed by atoms with Gasteiger partial charge in [0, 0.05) is 16.9 Å². The molecule has 0 heterocycles. The summed E-state index contributed by atoms with van der Waals surface area (Å²) in [6.07, 6.45) is 0.327. The molecule has 0 aliphatic heterocycles. The zero-order valence-corrected chi connectivity index (χ0v) is 13.2. The smallest absolute Gasteiger partial charge is 0.0873 e. The van der Waals surface area contributed by atoms with E-state index in [1.165, 1.54) is 5.56 Å². The van der Waals surface area contributed by atoms with Crippen LogP contribution in [0.4, 0.5) is 0 Å². The first-order chi connectivity index (χ1) is 9.67. The molecule has 0 saturated heterocycles. The molecular weight excluding hydrogens is 314 g/mol. The minimum absolute atomic E-state index is 0.0970. The van der Waals surface area contributed by atoms with Gasteiger partial charge in [0.1, 0.15) is 0 Å². The molecule has 20 heavy (non-hydrogen) atoms. The molecule has 2 aromatic rings. The molecule has 2 atom stereocenters. The van der Waals surface area contributed by atoms with Gasteiger partial charge in [0.15, 0.2) is 0 Å². The van der Waals surface area contributed by atoms with E-state index in [-0.39, 0.29) is 5.92 Å². The van der Waals surface area contributed by atoms with Gasteiger partial charge in [0.25, 0.3) is 0 Å². The van der Waals surface area contributed by atoms with Crippen molar-refractivity contribution in [2.75, 3.05) is 6.54 Å². The summed E-state index contributed by atoms with van der Waals surface area (Å²) in [5, 5.41) is 10.7. The number of hydrogen-bond acceptors (Lipinski definition) is 2. The highest BCUT2D eigenvalue weighted by molar-refractivity contribution is 9.10. The van der Waals surface area contributed by atoms with Crippen LogP contribution in [-0.4, -0.2) is 11.7 Å². The van der Waals surface area contributed by atoms with Gasteiger partial charge in [-0.25, -0.2) is 0 Å². The van der Waals surface area contributed by atoms with Crippen molar-refractivity contribution in [1.29, 1.82) is 0 Å². The van der Waals surface area contributed by atoms with Crippen LogP contribution in [0.5, 0.6) is 0 Å². The highest BCUT2D eigenvalue weighted by Gasteiger charge is 2.23. The van der Waals surface area contributed by atoms with Crippen molar-refractivity contribution >= 4 is 15.9 Å². The normalized spacial score (nSPS) is 14.0. The Balaban J connectivity index is 2.36. The standard InChI is InChI=1S/C17H20BrNO/c1-2-12-6-3-4-9-15(12)17(20)16(11-19)13-7-5-8-14(18)10-13/h3-10,16-17,20H,2,11,19H2,1H3. The van der Waals surface area contributed by atoms with E-state index in [1.54, 1.807) is 0 Å². The zero-order valence-electron chi connectivity index (χ0n) is 11.6. The van der Waals surface area contributed by atoms with Crippen LogP contribution in [-0.2, 0) is 6.42 Å². The molecule has 0 bridgehead atoms. The lowest BCUT2D eigenvalue weighted by Gasteiger charge is -2.24. The minimum atomic E-state index is -0.578. The predicted molar refractivity (Wildman–Crippen MR) is 86.7 cm³/mol. The molecule has 106 valence electrons. The molecule has 0 saturated carbocycles. The van der Waals surface area contributed by atoms with Gasteiger partial charge in [-0.15, -0.1) is 0 Å². The van der Waals surface area contributed by atoms with Crippen LogP contribution in [0.2, 0.25) is 0 Å². The molecule has 2 unspecified atom stereocenters. The molecule has 0 aromatic heterocycles. The van der Waals surface area contributed by atoms with Crippen molar-refractivity contribution in [3.05, 3.63) is 69.7 Å². The van der Waals surface area contributed by atoms with Crippen molar-refractivity contribution in [2.45, 2.75) is 25.4 Å². The first kappa shape index (κ1) is 15.2. The maximum absolute atomic E-state index is 10.7. The van der Waals surface area contributed by atoms with Gasteiger partial charge in [-0.3, -0.25) is 0 Å². The summed E-state index contributed by atoms with van der Waals surface area (Å²) in [5.74, 6) is -0.0970. The quantitative estimate of drug-likeness (QED) is 0.874. The third kappa shape index (κ3) is 3.29. The molecule has 0 aliphatic rings. The molecule has 2 rings (SSSR count). The van der Waals surface area contributed by atoms with Gasteiger partial charge in [-0.1, -0.05) is 59.3 Å². The van der Waals surface area contributed by atoms with Crippen LogP contribution in [0.25, 0.3) is 0 Å². The monoisotopic (exact) mass is 333 g/mol. The average molecular weight is 334 g/mol. The van der Waals surface area contributed by atoms with Gasteiger partial charge in [-0.05, 0) is 35.2 Å². The Morgan fingerprint density at radius 3 is 2.55 bits per heavy atom.